The van der Waals surface area contributed by atoms with E-state index in [-0.39, 0.29) is 48.9 Å². The number of anilines is 6. The normalized spacial score (nSPS) is 11.3. The van der Waals surface area contributed by atoms with Crippen LogP contribution >= 0.6 is 58.0 Å². The number of hydrogen-bond donors (Lipinski definition) is 6. The number of hydrazone groups is 2. The van der Waals surface area contributed by atoms with E-state index >= 15 is 0 Å². The summed E-state index contributed by atoms with van der Waals surface area (Å²) in [7, 11) is 0. The third kappa shape index (κ3) is 11.5. The van der Waals surface area contributed by atoms with Gasteiger partial charge in [-0.2, -0.15) is 10.2 Å². The fourth-order valence-electron chi connectivity index (χ4n) is 5.47. The van der Waals surface area contributed by atoms with Crippen LogP contribution in [0.3, 0.4) is 0 Å². The number of amides is 4. The number of halogens is 5. The number of aryl methyl sites for hydroxylation is 1. The molecule has 5 rings (SSSR count). The molecule has 0 saturated heterocycles. The summed E-state index contributed by atoms with van der Waals surface area (Å²) in [6, 6.07) is 21.6. The van der Waals surface area contributed by atoms with Crippen molar-refractivity contribution < 1.29 is 28.8 Å². The predicted octanol–water partition coefficient (Wildman–Crippen LogP) is 10.4. The third-order valence-electron chi connectivity index (χ3n) is 8.97. The zero-order chi connectivity index (χ0) is 45.4. The van der Waals surface area contributed by atoms with Crippen molar-refractivity contribution in [2.75, 3.05) is 32.1 Å². The van der Waals surface area contributed by atoms with Gasteiger partial charge < -0.3 is 21.3 Å². The minimum atomic E-state index is -0.943. The molecule has 0 fully saturated rings. The molecule has 0 unspecified atom stereocenters. The molecule has 6 N–H and O–H groups in total. The Bertz CT molecular complexity index is 2550. The van der Waals surface area contributed by atoms with Crippen molar-refractivity contribution >= 4 is 139 Å². The number of ketones is 2. The summed E-state index contributed by atoms with van der Waals surface area (Å²) in [6.07, 6.45) is 0. The molecular formula is C43H35Cl5N8O6. The van der Waals surface area contributed by atoms with Gasteiger partial charge in [-0.15, -0.1) is 0 Å². The highest BCUT2D eigenvalue weighted by Gasteiger charge is 2.22. The van der Waals surface area contributed by atoms with E-state index in [9.17, 15) is 28.8 Å². The van der Waals surface area contributed by atoms with Crippen LogP contribution in [0.15, 0.2) is 95.1 Å². The standard InChI is InChI=1S/C43H35Cl5N8O6/c1-20-16-35(52-43(62)39(24(5)58)56-54-37-18-26(13-15-30(37)47)41(60)50-33-11-7-9-28(45)22(33)3)31(48)19-34(20)51-42(61)38(23(4)57)55-53-36-17-25(12-14-29(36)46)40(59)49-32-10-6-8-27(44)21(32)2/h6-19,53-54H,1-5H3,(H,49,59)(H,50,60)(H,51,61)(H,52,62)/b55-38+,56-39+. The quantitative estimate of drug-likeness (QED) is 0.0359. The predicted molar refractivity (Wildman–Crippen MR) is 248 cm³/mol. The number of Topliss-reactive ketones (excluding diaryl/α,β-unsaturated/α-hetero) is 2. The van der Waals surface area contributed by atoms with Gasteiger partial charge in [0.2, 0.25) is 0 Å². The van der Waals surface area contributed by atoms with Crippen molar-refractivity contribution in [3.8, 4) is 0 Å². The van der Waals surface area contributed by atoms with Crippen molar-refractivity contribution in [3.63, 3.8) is 0 Å². The Hall–Kier alpha value is -6.29. The van der Waals surface area contributed by atoms with Crippen molar-refractivity contribution in [2.24, 2.45) is 10.2 Å². The molecule has 318 valence electrons. The highest BCUT2D eigenvalue weighted by Crippen LogP contribution is 2.31. The fraction of sp³-hybridized carbons (Fsp3) is 0.116. The van der Waals surface area contributed by atoms with E-state index in [2.05, 4.69) is 42.3 Å². The van der Waals surface area contributed by atoms with Crippen LogP contribution in [0.4, 0.5) is 34.1 Å². The molecule has 0 aliphatic heterocycles. The summed E-state index contributed by atoms with van der Waals surface area (Å²) in [5, 5.41) is 19.8. The monoisotopic (exact) mass is 934 g/mol. The Labute approximate surface area is 380 Å². The number of hydrogen-bond acceptors (Lipinski definition) is 10. The van der Waals surface area contributed by atoms with E-state index in [4.69, 9.17) is 58.0 Å². The number of carbonyl (C=O) groups excluding carboxylic acids is 6. The molecule has 0 bridgehead atoms. The lowest BCUT2D eigenvalue weighted by atomic mass is 10.1. The molecule has 0 aliphatic rings. The molecule has 4 amide bonds. The van der Waals surface area contributed by atoms with E-state index in [0.29, 0.717) is 38.1 Å². The highest BCUT2D eigenvalue weighted by atomic mass is 35.5. The van der Waals surface area contributed by atoms with Crippen molar-refractivity contribution in [2.45, 2.75) is 34.6 Å². The van der Waals surface area contributed by atoms with Crippen molar-refractivity contribution in [1.29, 1.82) is 0 Å². The molecule has 0 atom stereocenters. The van der Waals surface area contributed by atoms with Gasteiger partial charge in [-0.25, -0.2) is 0 Å². The topological polar surface area (TPSA) is 199 Å². The van der Waals surface area contributed by atoms with Gasteiger partial charge in [-0.3, -0.25) is 39.6 Å². The maximum absolute atomic E-state index is 13.3. The summed E-state index contributed by atoms with van der Waals surface area (Å²) < 4.78 is 0. The first-order chi connectivity index (χ1) is 29.3. The van der Waals surface area contributed by atoms with E-state index in [0.717, 1.165) is 13.8 Å². The van der Waals surface area contributed by atoms with Crippen LogP contribution in [-0.2, 0) is 19.2 Å². The van der Waals surface area contributed by atoms with Gasteiger partial charge >= 0.3 is 0 Å². The van der Waals surface area contributed by atoms with Gasteiger partial charge in [0.15, 0.2) is 23.0 Å². The molecule has 19 heteroatoms. The van der Waals surface area contributed by atoms with Gasteiger partial charge in [0.25, 0.3) is 23.6 Å². The van der Waals surface area contributed by atoms with Gasteiger partial charge in [0.05, 0.1) is 32.1 Å². The molecule has 0 radical (unpaired) electrons. The Morgan fingerprint density at radius 1 is 0.435 bits per heavy atom. The largest absolute Gasteiger partial charge is 0.322 e. The van der Waals surface area contributed by atoms with Crippen molar-refractivity contribution in [1.82, 2.24) is 0 Å². The molecule has 0 aliphatic carbocycles. The van der Waals surface area contributed by atoms with Gasteiger partial charge in [-0.1, -0.05) is 70.1 Å². The number of nitrogens with one attached hydrogen (secondary N) is 6. The molecule has 62 heavy (non-hydrogen) atoms. The first kappa shape index (κ1) is 46.8. The molecule has 0 saturated carbocycles. The Morgan fingerprint density at radius 3 is 1.27 bits per heavy atom. The zero-order valence-electron chi connectivity index (χ0n) is 33.3. The Kier molecular flexibility index (Phi) is 15.5. The van der Waals surface area contributed by atoms with Crippen LogP contribution in [-0.4, -0.2) is 46.6 Å². The number of rotatable bonds is 14. The van der Waals surface area contributed by atoms with E-state index in [1.54, 1.807) is 57.2 Å². The first-order valence-corrected chi connectivity index (χ1v) is 20.1. The van der Waals surface area contributed by atoms with Crippen LogP contribution in [0.1, 0.15) is 51.3 Å². The molecule has 14 nitrogen and oxygen atoms in total. The molecule has 5 aromatic rings. The summed E-state index contributed by atoms with van der Waals surface area (Å²) in [6.45, 7) is 7.36. The molecule has 0 aromatic heterocycles. The summed E-state index contributed by atoms with van der Waals surface area (Å²) in [4.78, 5) is 77.9. The van der Waals surface area contributed by atoms with Gasteiger partial charge in [0.1, 0.15) is 0 Å². The second kappa shape index (κ2) is 20.5. The number of benzene rings is 5. The SMILES string of the molecule is CC(=O)/C(=N\Nc1cc(C(=O)Nc2cccc(Cl)c2C)ccc1Cl)C(=O)Nc1cc(Cl)c(NC(=O)/C(=N/Nc2cc(C(=O)Nc3cccc(Cl)c3C)ccc2Cl)C(C)=O)cc1C. The number of carbonyl (C=O) groups is 6. The van der Waals surface area contributed by atoms with E-state index in [1.807, 2.05) is 0 Å². The summed E-state index contributed by atoms with van der Waals surface area (Å²) >= 11 is 31.5. The molecule has 5 aromatic carbocycles. The maximum Gasteiger partial charge on any atom is 0.279 e. The smallest absolute Gasteiger partial charge is 0.279 e. The van der Waals surface area contributed by atoms with Crippen LogP contribution in [0.5, 0.6) is 0 Å². The minimum Gasteiger partial charge on any atom is -0.322 e. The molecule has 0 spiro atoms. The lowest BCUT2D eigenvalue weighted by Gasteiger charge is -2.14. The second-order valence-electron chi connectivity index (χ2n) is 13.4. The number of nitrogens with zero attached hydrogens (tertiary/aromatic N) is 2. The van der Waals surface area contributed by atoms with Crippen LogP contribution < -0.4 is 32.1 Å². The van der Waals surface area contributed by atoms with Gasteiger partial charge in [0, 0.05) is 52.1 Å². The van der Waals surface area contributed by atoms with E-state index in [1.165, 1.54) is 48.5 Å². The third-order valence-corrected chi connectivity index (χ3v) is 10.8. The first-order valence-electron chi connectivity index (χ1n) is 18.2. The maximum atomic E-state index is 13.3. The fourth-order valence-corrected chi connectivity index (χ4v) is 6.34. The second-order valence-corrected chi connectivity index (χ2v) is 15.5. The average molecular weight is 937 g/mol. The highest BCUT2D eigenvalue weighted by molar-refractivity contribution is 6.68. The minimum absolute atomic E-state index is 0.0545. The van der Waals surface area contributed by atoms with Gasteiger partial charge in [-0.05, 0) is 110 Å². The molecule has 0 heterocycles. The molecular weight excluding hydrogens is 902 g/mol. The lowest BCUT2D eigenvalue weighted by molar-refractivity contribution is -0.116. The Balaban J connectivity index is 1.27. The van der Waals surface area contributed by atoms with E-state index < -0.39 is 46.6 Å². The Morgan fingerprint density at radius 2 is 0.855 bits per heavy atom. The lowest BCUT2D eigenvalue weighted by Crippen LogP contribution is -2.30. The summed E-state index contributed by atoms with van der Waals surface area (Å²) in [5.74, 6) is -4.24. The van der Waals surface area contributed by atoms with Crippen LogP contribution in [0.2, 0.25) is 25.1 Å². The average Bonchev–Trinajstić information content (AvgIpc) is 3.21. The van der Waals surface area contributed by atoms with Crippen LogP contribution in [0.25, 0.3) is 0 Å². The zero-order valence-corrected chi connectivity index (χ0v) is 37.1. The van der Waals surface area contributed by atoms with Crippen molar-refractivity contribution in [3.05, 3.63) is 138 Å². The van der Waals surface area contributed by atoms with Crippen LogP contribution in [0, 0.1) is 20.8 Å². The summed E-state index contributed by atoms with van der Waals surface area (Å²) in [5.41, 5.74) is 7.65.